The van der Waals surface area contributed by atoms with Gasteiger partial charge < -0.3 is 5.73 Å². The van der Waals surface area contributed by atoms with E-state index in [4.69, 9.17) is 5.73 Å². The summed E-state index contributed by atoms with van der Waals surface area (Å²) in [4.78, 5) is 4.42. The van der Waals surface area contributed by atoms with Crippen molar-refractivity contribution in [2.75, 3.05) is 0 Å². The molecule has 1 aliphatic carbocycles. The first-order valence-electron chi connectivity index (χ1n) is 5.35. The lowest BCUT2D eigenvalue weighted by Gasteiger charge is -2.28. The zero-order chi connectivity index (χ0) is 10.2. The molecule has 2 N–H and O–H groups in total. The summed E-state index contributed by atoms with van der Waals surface area (Å²) in [6.07, 6.45) is 5.40. The minimum atomic E-state index is -0.175. The lowest BCUT2D eigenvalue weighted by atomic mass is 9.85. The molecule has 1 aliphatic rings. The number of hydrogen-bond acceptors (Lipinski definition) is 2. The number of aromatic nitrogens is 1. The lowest BCUT2D eigenvalue weighted by Crippen LogP contribution is -2.39. The van der Waals surface area contributed by atoms with Crippen LogP contribution in [0.1, 0.15) is 37.4 Å². The first-order chi connectivity index (χ1) is 6.63. The van der Waals surface area contributed by atoms with E-state index in [2.05, 4.69) is 24.9 Å². The van der Waals surface area contributed by atoms with Crippen LogP contribution in [0.4, 0.5) is 0 Å². The van der Waals surface area contributed by atoms with Gasteiger partial charge in [0.25, 0.3) is 0 Å². The third kappa shape index (κ3) is 1.44. The van der Waals surface area contributed by atoms with Gasteiger partial charge in [0.15, 0.2) is 0 Å². The largest absolute Gasteiger partial charge is 0.320 e. The number of hydrogen-bond donors (Lipinski definition) is 1. The number of aryl methyl sites for hydroxylation is 1. The molecular weight excluding hydrogens is 172 g/mol. The predicted octanol–water partition coefficient (Wildman–Crippen LogP) is 2.36. The van der Waals surface area contributed by atoms with Crippen molar-refractivity contribution in [2.24, 2.45) is 11.7 Å². The Labute approximate surface area is 85.5 Å². The Morgan fingerprint density at radius 3 is 2.93 bits per heavy atom. The molecule has 0 amide bonds. The smallest absolute Gasteiger partial charge is 0.0609 e. The van der Waals surface area contributed by atoms with Crippen LogP contribution >= 0.6 is 0 Å². The normalized spacial score (nSPS) is 32.1. The van der Waals surface area contributed by atoms with E-state index in [1.807, 2.05) is 12.3 Å². The maximum atomic E-state index is 6.43. The summed E-state index contributed by atoms with van der Waals surface area (Å²) < 4.78 is 0. The van der Waals surface area contributed by atoms with E-state index >= 15 is 0 Å². The monoisotopic (exact) mass is 190 g/mol. The van der Waals surface area contributed by atoms with Gasteiger partial charge in [-0.25, -0.2) is 0 Å². The Hall–Kier alpha value is -0.890. The average molecular weight is 190 g/mol. The quantitative estimate of drug-likeness (QED) is 0.738. The van der Waals surface area contributed by atoms with Crippen LogP contribution in [-0.4, -0.2) is 4.98 Å². The van der Waals surface area contributed by atoms with Crippen LogP contribution < -0.4 is 5.73 Å². The van der Waals surface area contributed by atoms with Crippen LogP contribution in [-0.2, 0) is 5.54 Å². The zero-order valence-corrected chi connectivity index (χ0v) is 8.96. The Morgan fingerprint density at radius 2 is 2.36 bits per heavy atom. The zero-order valence-electron chi connectivity index (χ0n) is 8.96. The van der Waals surface area contributed by atoms with Crippen molar-refractivity contribution in [2.45, 2.75) is 38.6 Å². The van der Waals surface area contributed by atoms with E-state index in [-0.39, 0.29) is 5.54 Å². The Balaban J connectivity index is 2.38. The van der Waals surface area contributed by atoms with Crippen molar-refractivity contribution >= 4 is 0 Å². The summed E-state index contributed by atoms with van der Waals surface area (Å²) in [5.41, 5.74) is 8.58. The number of nitrogens with two attached hydrogens (primary N) is 1. The van der Waals surface area contributed by atoms with Crippen LogP contribution in [0.3, 0.4) is 0 Å². The van der Waals surface area contributed by atoms with E-state index in [1.54, 1.807) is 0 Å². The van der Waals surface area contributed by atoms with Crippen LogP contribution in [0.15, 0.2) is 18.3 Å². The average Bonchev–Trinajstić information content (AvgIpc) is 2.49. The lowest BCUT2D eigenvalue weighted by molar-refractivity contribution is 0.339. The summed E-state index contributed by atoms with van der Waals surface area (Å²) in [7, 11) is 0. The Bertz CT molecular complexity index is 335. The molecule has 1 saturated carbocycles. The van der Waals surface area contributed by atoms with Crippen LogP contribution in [0.5, 0.6) is 0 Å². The topological polar surface area (TPSA) is 38.9 Å². The van der Waals surface area contributed by atoms with Gasteiger partial charge in [-0.15, -0.1) is 0 Å². The molecule has 0 radical (unpaired) electrons. The summed E-state index contributed by atoms with van der Waals surface area (Å²) in [5, 5.41) is 0. The van der Waals surface area contributed by atoms with Crippen molar-refractivity contribution in [1.82, 2.24) is 4.98 Å². The van der Waals surface area contributed by atoms with Crippen LogP contribution in [0.2, 0.25) is 0 Å². The molecule has 2 atom stereocenters. The highest BCUT2D eigenvalue weighted by molar-refractivity contribution is 5.23. The molecule has 1 heterocycles. The molecule has 2 unspecified atom stereocenters. The second-order valence-electron chi connectivity index (χ2n) is 4.55. The molecule has 1 aromatic rings. The molecule has 2 heteroatoms. The molecule has 0 saturated heterocycles. The molecular formula is C12H18N2. The molecule has 2 rings (SSSR count). The number of rotatable bonds is 1. The molecule has 14 heavy (non-hydrogen) atoms. The van der Waals surface area contributed by atoms with Crippen LogP contribution in [0.25, 0.3) is 0 Å². The van der Waals surface area contributed by atoms with Gasteiger partial charge in [0, 0.05) is 6.20 Å². The van der Waals surface area contributed by atoms with E-state index < -0.39 is 0 Å². The number of pyridine rings is 1. The molecule has 2 nitrogen and oxygen atoms in total. The molecule has 76 valence electrons. The van der Waals surface area contributed by atoms with Gasteiger partial charge in [0.05, 0.1) is 11.2 Å². The van der Waals surface area contributed by atoms with Gasteiger partial charge >= 0.3 is 0 Å². The molecule has 0 bridgehead atoms. The first-order valence-corrected chi connectivity index (χ1v) is 5.35. The highest BCUT2D eigenvalue weighted by Crippen LogP contribution is 2.40. The standard InChI is InChI=1S/C12H18N2/c1-9-5-7-14-11(8-9)12(13)6-3-4-10(12)2/h5,7-8,10H,3-4,6,13H2,1-2H3. The third-order valence-electron chi connectivity index (χ3n) is 3.50. The number of nitrogens with zero attached hydrogens (tertiary/aromatic N) is 1. The highest BCUT2D eigenvalue weighted by atomic mass is 14.9. The summed E-state index contributed by atoms with van der Waals surface area (Å²) in [6, 6.07) is 4.15. The van der Waals surface area contributed by atoms with Crippen molar-refractivity contribution in [3.05, 3.63) is 29.6 Å². The van der Waals surface area contributed by atoms with Crippen LogP contribution in [0, 0.1) is 12.8 Å². The van der Waals surface area contributed by atoms with Crippen molar-refractivity contribution in [3.63, 3.8) is 0 Å². The van der Waals surface area contributed by atoms with Gasteiger partial charge in [-0.2, -0.15) is 0 Å². The maximum absolute atomic E-state index is 6.43. The van der Waals surface area contributed by atoms with Gasteiger partial charge in [-0.1, -0.05) is 13.3 Å². The van der Waals surface area contributed by atoms with Gasteiger partial charge in [0.2, 0.25) is 0 Å². The maximum Gasteiger partial charge on any atom is 0.0609 e. The fourth-order valence-electron chi connectivity index (χ4n) is 2.38. The third-order valence-corrected chi connectivity index (χ3v) is 3.50. The van der Waals surface area contributed by atoms with Crippen molar-refractivity contribution in [1.29, 1.82) is 0 Å². The molecule has 0 aliphatic heterocycles. The van der Waals surface area contributed by atoms with Crippen molar-refractivity contribution < 1.29 is 0 Å². The van der Waals surface area contributed by atoms with Crippen molar-refractivity contribution in [3.8, 4) is 0 Å². The van der Waals surface area contributed by atoms with E-state index in [0.717, 1.165) is 12.1 Å². The van der Waals surface area contributed by atoms with E-state index in [1.165, 1.54) is 18.4 Å². The predicted molar refractivity (Wildman–Crippen MR) is 57.9 cm³/mol. The Kier molecular flexibility index (Phi) is 2.31. The SMILES string of the molecule is Cc1ccnc(C2(N)CCCC2C)c1. The Morgan fingerprint density at radius 1 is 1.57 bits per heavy atom. The molecule has 1 aromatic heterocycles. The summed E-state index contributed by atoms with van der Waals surface area (Å²) in [5.74, 6) is 0.553. The second-order valence-corrected chi connectivity index (χ2v) is 4.55. The molecule has 0 aromatic carbocycles. The molecule has 1 fully saturated rings. The summed E-state index contributed by atoms with van der Waals surface area (Å²) in [6.45, 7) is 4.32. The summed E-state index contributed by atoms with van der Waals surface area (Å²) >= 11 is 0. The minimum Gasteiger partial charge on any atom is -0.320 e. The fraction of sp³-hybridized carbons (Fsp3) is 0.583. The van der Waals surface area contributed by atoms with Gasteiger partial charge in [-0.3, -0.25) is 4.98 Å². The van der Waals surface area contributed by atoms with E-state index in [9.17, 15) is 0 Å². The first kappa shape index (κ1) is 9.66. The van der Waals surface area contributed by atoms with Gasteiger partial charge in [-0.05, 0) is 43.4 Å². The highest BCUT2D eigenvalue weighted by Gasteiger charge is 2.39. The fourth-order valence-corrected chi connectivity index (χ4v) is 2.38. The molecule has 0 spiro atoms. The van der Waals surface area contributed by atoms with Gasteiger partial charge in [0.1, 0.15) is 0 Å². The second kappa shape index (κ2) is 3.35. The van der Waals surface area contributed by atoms with E-state index in [0.29, 0.717) is 5.92 Å². The minimum absolute atomic E-state index is 0.175.